The average molecular weight is 438 g/mol. The van der Waals surface area contributed by atoms with Gasteiger partial charge < -0.3 is 5.32 Å². The molecule has 1 aliphatic heterocycles. The zero-order chi connectivity index (χ0) is 22.3. The molecule has 0 aliphatic carbocycles. The van der Waals surface area contributed by atoms with E-state index in [9.17, 15) is 13.2 Å². The Labute approximate surface area is 183 Å². The summed E-state index contributed by atoms with van der Waals surface area (Å²) in [4.78, 5) is 13.0. The topological polar surface area (TPSA) is 81.1 Å². The van der Waals surface area contributed by atoms with Crippen LogP contribution < -0.4 is 5.32 Å². The van der Waals surface area contributed by atoms with Gasteiger partial charge in [-0.25, -0.2) is 8.42 Å². The molecular weight excluding hydrogens is 410 g/mol. The van der Waals surface area contributed by atoms with Crippen LogP contribution in [0, 0.1) is 27.7 Å². The minimum absolute atomic E-state index is 0.0463. The number of hydrogen-bond donors (Lipinski definition) is 1. The van der Waals surface area contributed by atoms with E-state index in [2.05, 4.69) is 16.5 Å². The van der Waals surface area contributed by atoms with Crippen LogP contribution in [0.5, 0.6) is 0 Å². The van der Waals surface area contributed by atoms with Crippen molar-refractivity contribution >= 4 is 21.4 Å². The fourth-order valence-electron chi connectivity index (χ4n) is 4.11. The second-order valence-corrected chi connectivity index (χ2v) is 10.8. The Balaban J connectivity index is 1.73. The van der Waals surface area contributed by atoms with Crippen molar-refractivity contribution in [1.82, 2.24) is 9.78 Å². The Hall–Kier alpha value is -2.93. The van der Waals surface area contributed by atoms with Crippen LogP contribution in [-0.2, 0) is 9.84 Å². The van der Waals surface area contributed by atoms with E-state index in [0.717, 1.165) is 27.9 Å². The lowest BCUT2D eigenvalue weighted by molar-refractivity contribution is 0.102. The van der Waals surface area contributed by atoms with E-state index >= 15 is 0 Å². The van der Waals surface area contributed by atoms with Crippen molar-refractivity contribution in [3.63, 3.8) is 0 Å². The number of carbonyl (C=O) groups excluding carboxylic acids is 1. The zero-order valence-electron chi connectivity index (χ0n) is 18.3. The molecule has 162 valence electrons. The lowest BCUT2D eigenvalue weighted by atomic mass is 10.0. The number of amides is 1. The predicted molar refractivity (Wildman–Crippen MR) is 123 cm³/mol. The van der Waals surface area contributed by atoms with Crippen LogP contribution in [0.4, 0.5) is 5.69 Å². The van der Waals surface area contributed by atoms with Gasteiger partial charge in [0.2, 0.25) is 0 Å². The molecule has 1 aliphatic rings. The maximum absolute atomic E-state index is 13.0. The molecule has 4 rings (SSSR count). The fraction of sp³-hybridized carbons (Fsp3) is 0.333. The Morgan fingerprint density at radius 1 is 1.00 bits per heavy atom. The van der Waals surface area contributed by atoms with Crippen molar-refractivity contribution in [2.24, 2.45) is 0 Å². The summed E-state index contributed by atoms with van der Waals surface area (Å²) in [6.45, 7) is 8.04. The molecule has 31 heavy (non-hydrogen) atoms. The monoisotopic (exact) mass is 437 g/mol. The van der Waals surface area contributed by atoms with E-state index in [-0.39, 0.29) is 29.1 Å². The molecule has 1 N–H and O–H groups in total. The lowest BCUT2D eigenvalue weighted by Gasteiger charge is -2.14. The van der Waals surface area contributed by atoms with Gasteiger partial charge in [-0.15, -0.1) is 0 Å². The number of aryl methyl sites for hydroxylation is 4. The molecule has 0 spiro atoms. The van der Waals surface area contributed by atoms with Gasteiger partial charge >= 0.3 is 0 Å². The molecule has 0 saturated carbocycles. The molecule has 0 unspecified atom stereocenters. The number of hydrogen-bond acceptors (Lipinski definition) is 4. The fourth-order valence-corrected chi connectivity index (χ4v) is 5.80. The highest BCUT2D eigenvalue weighted by Gasteiger charge is 2.32. The summed E-state index contributed by atoms with van der Waals surface area (Å²) in [5.74, 6) is -0.117. The van der Waals surface area contributed by atoms with Crippen LogP contribution >= 0.6 is 0 Å². The van der Waals surface area contributed by atoms with Gasteiger partial charge in [0.15, 0.2) is 15.5 Å². The highest BCUT2D eigenvalue weighted by Crippen LogP contribution is 2.31. The quantitative estimate of drug-likeness (QED) is 0.656. The van der Waals surface area contributed by atoms with Crippen LogP contribution in [0.1, 0.15) is 45.2 Å². The SMILES string of the molecule is Cc1cc(C)cc(NC(=O)c2cc(-c3ccc(C)c(C)c3)n([C@@H]3CCS(=O)(=O)C3)n2)c1. The predicted octanol–water partition coefficient (Wildman–Crippen LogP) is 4.40. The van der Waals surface area contributed by atoms with Crippen molar-refractivity contribution in [3.8, 4) is 11.3 Å². The number of aromatic nitrogens is 2. The molecule has 0 radical (unpaired) electrons. The first kappa shape index (κ1) is 21.3. The largest absolute Gasteiger partial charge is 0.321 e. The molecule has 1 atom stereocenters. The maximum Gasteiger partial charge on any atom is 0.276 e. The Morgan fingerprint density at radius 3 is 2.32 bits per heavy atom. The van der Waals surface area contributed by atoms with Gasteiger partial charge in [-0.3, -0.25) is 9.48 Å². The number of carbonyl (C=O) groups is 1. The third-order valence-electron chi connectivity index (χ3n) is 5.80. The summed E-state index contributed by atoms with van der Waals surface area (Å²) in [7, 11) is -3.09. The van der Waals surface area contributed by atoms with E-state index in [1.165, 1.54) is 5.56 Å². The van der Waals surface area contributed by atoms with E-state index in [4.69, 9.17) is 0 Å². The smallest absolute Gasteiger partial charge is 0.276 e. The standard InChI is InChI=1S/C24H27N3O3S/c1-15-9-16(2)11-20(10-15)25-24(28)22-13-23(19-6-5-17(3)18(4)12-19)27(26-22)21-7-8-31(29,30)14-21/h5-6,9-13,21H,7-8,14H2,1-4H3,(H,25,28)/t21-/m1/s1. The summed E-state index contributed by atoms with van der Waals surface area (Å²) in [6.07, 6.45) is 0.500. The second kappa shape index (κ2) is 7.96. The highest BCUT2D eigenvalue weighted by molar-refractivity contribution is 7.91. The third-order valence-corrected chi connectivity index (χ3v) is 7.56. The van der Waals surface area contributed by atoms with Crippen LogP contribution in [0.25, 0.3) is 11.3 Å². The van der Waals surface area contributed by atoms with E-state index < -0.39 is 9.84 Å². The van der Waals surface area contributed by atoms with Gasteiger partial charge in [0, 0.05) is 11.3 Å². The molecule has 1 aromatic heterocycles. The van der Waals surface area contributed by atoms with Crippen LogP contribution in [-0.4, -0.2) is 35.6 Å². The Bertz CT molecular complexity index is 1250. The summed E-state index contributed by atoms with van der Waals surface area (Å²) < 4.78 is 25.9. The van der Waals surface area contributed by atoms with Crippen molar-refractivity contribution in [3.05, 3.63) is 70.4 Å². The minimum Gasteiger partial charge on any atom is -0.321 e. The number of rotatable bonds is 4. The third kappa shape index (κ3) is 4.56. The average Bonchev–Trinajstić information content (AvgIpc) is 3.26. The minimum atomic E-state index is -3.09. The Morgan fingerprint density at radius 2 is 1.71 bits per heavy atom. The highest BCUT2D eigenvalue weighted by atomic mass is 32.2. The molecule has 1 fully saturated rings. The molecular formula is C24H27N3O3S. The van der Waals surface area contributed by atoms with Gasteiger partial charge in [0.05, 0.1) is 23.2 Å². The van der Waals surface area contributed by atoms with Crippen molar-refractivity contribution in [2.75, 3.05) is 16.8 Å². The first-order valence-electron chi connectivity index (χ1n) is 10.4. The van der Waals surface area contributed by atoms with Gasteiger partial charge in [0.1, 0.15) is 0 Å². The lowest BCUT2D eigenvalue weighted by Crippen LogP contribution is -2.16. The number of nitrogens with one attached hydrogen (secondary N) is 1. The molecule has 0 bridgehead atoms. The molecule has 7 heteroatoms. The van der Waals surface area contributed by atoms with Crippen molar-refractivity contribution in [2.45, 2.75) is 40.2 Å². The number of nitrogens with zero attached hydrogens (tertiary/aromatic N) is 2. The summed E-state index contributed by atoms with van der Waals surface area (Å²) in [5.41, 5.74) is 7.10. The summed E-state index contributed by atoms with van der Waals surface area (Å²) in [5, 5.41) is 7.49. The maximum atomic E-state index is 13.0. The molecule has 2 aromatic carbocycles. The van der Waals surface area contributed by atoms with Gasteiger partial charge in [0.25, 0.3) is 5.91 Å². The summed E-state index contributed by atoms with van der Waals surface area (Å²) >= 11 is 0. The van der Waals surface area contributed by atoms with Gasteiger partial charge in [-0.2, -0.15) is 5.10 Å². The molecule has 1 saturated heterocycles. The second-order valence-electron chi connectivity index (χ2n) is 8.55. The van der Waals surface area contributed by atoms with E-state index in [1.54, 1.807) is 10.7 Å². The summed E-state index contributed by atoms with van der Waals surface area (Å²) in [6, 6.07) is 13.4. The van der Waals surface area contributed by atoms with Gasteiger partial charge in [-0.05, 0) is 80.6 Å². The van der Waals surface area contributed by atoms with Crippen LogP contribution in [0.2, 0.25) is 0 Å². The molecule has 1 amide bonds. The van der Waals surface area contributed by atoms with Crippen molar-refractivity contribution < 1.29 is 13.2 Å². The first-order valence-corrected chi connectivity index (χ1v) is 12.2. The van der Waals surface area contributed by atoms with Crippen LogP contribution in [0.15, 0.2) is 42.5 Å². The molecule has 6 nitrogen and oxygen atoms in total. The number of sulfone groups is 1. The first-order chi connectivity index (χ1) is 14.6. The van der Waals surface area contributed by atoms with Crippen molar-refractivity contribution in [1.29, 1.82) is 0 Å². The molecule has 3 aromatic rings. The Kier molecular flexibility index (Phi) is 5.47. The van der Waals surface area contributed by atoms with Gasteiger partial charge in [-0.1, -0.05) is 18.2 Å². The number of anilines is 1. The van der Waals surface area contributed by atoms with E-state index in [1.807, 2.05) is 58.0 Å². The molecule has 2 heterocycles. The zero-order valence-corrected chi connectivity index (χ0v) is 19.1. The van der Waals surface area contributed by atoms with E-state index in [0.29, 0.717) is 12.1 Å². The number of benzene rings is 2. The van der Waals surface area contributed by atoms with Crippen LogP contribution in [0.3, 0.4) is 0 Å². The normalized spacial score (nSPS) is 17.6.